The lowest BCUT2D eigenvalue weighted by molar-refractivity contribution is 0.112. The molecule has 2 aromatic rings. The van der Waals surface area contributed by atoms with Crippen LogP contribution in [0.25, 0.3) is 0 Å². The third kappa shape index (κ3) is 2.76. The average Bonchev–Trinajstić information content (AvgIpc) is 2.75. The molecule has 0 aliphatic heterocycles. The lowest BCUT2D eigenvalue weighted by Gasteiger charge is -2.10. The topological polar surface area (TPSA) is 61.6 Å². The highest BCUT2D eigenvalue weighted by Crippen LogP contribution is 2.29. The summed E-state index contributed by atoms with van der Waals surface area (Å²) in [4.78, 5) is 10.8. The van der Waals surface area contributed by atoms with E-state index in [-0.39, 0.29) is 0 Å². The first-order valence-corrected chi connectivity index (χ1v) is 5.83. The first kappa shape index (κ1) is 13.1. The van der Waals surface area contributed by atoms with E-state index >= 15 is 0 Å². The van der Waals surface area contributed by atoms with Gasteiger partial charge in [-0.25, -0.2) is 0 Å². The van der Waals surface area contributed by atoms with Crippen LogP contribution in [-0.4, -0.2) is 18.6 Å². The van der Waals surface area contributed by atoms with Gasteiger partial charge in [-0.2, -0.15) is 0 Å². The van der Waals surface area contributed by atoms with Crippen LogP contribution in [0.1, 0.15) is 27.4 Å². The van der Waals surface area contributed by atoms with Crippen molar-refractivity contribution >= 4 is 6.29 Å². The third-order valence-electron chi connectivity index (χ3n) is 2.88. The molecule has 0 saturated carbocycles. The molecule has 0 aliphatic carbocycles. The summed E-state index contributed by atoms with van der Waals surface area (Å²) in [5, 5.41) is 3.86. The summed E-state index contributed by atoms with van der Waals surface area (Å²) in [5.74, 6) is 1.83. The van der Waals surface area contributed by atoms with Gasteiger partial charge in [0.1, 0.15) is 18.7 Å². The standard InChI is InChI=1S/C14H15NO4/c1-9-12(10(2)19-15-9)8-18-14-6-11(7-16)4-5-13(14)17-3/h4-7H,8H2,1-3H3. The number of hydrogen-bond donors (Lipinski definition) is 0. The zero-order valence-electron chi connectivity index (χ0n) is 11.1. The van der Waals surface area contributed by atoms with E-state index in [2.05, 4.69) is 5.16 Å². The molecular weight excluding hydrogens is 246 g/mol. The molecule has 0 aliphatic rings. The molecule has 2 rings (SSSR count). The predicted octanol–water partition coefficient (Wildman–Crippen LogP) is 2.69. The van der Waals surface area contributed by atoms with Crippen LogP contribution in [0, 0.1) is 13.8 Å². The van der Waals surface area contributed by atoms with Crippen molar-refractivity contribution in [3.63, 3.8) is 0 Å². The SMILES string of the molecule is COc1ccc(C=O)cc1OCc1c(C)noc1C. The maximum Gasteiger partial charge on any atom is 0.162 e. The van der Waals surface area contributed by atoms with Crippen LogP contribution in [0.4, 0.5) is 0 Å². The summed E-state index contributed by atoms with van der Waals surface area (Å²) in [7, 11) is 1.55. The highest BCUT2D eigenvalue weighted by atomic mass is 16.5. The van der Waals surface area contributed by atoms with Crippen molar-refractivity contribution in [3.05, 3.63) is 40.8 Å². The highest BCUT2D eigenvalue weighted by molar-refractivity contribution is 5.76. The molecule has 5 heteroatoms. The zero-order valence-corrected chi connectivity index (χ0v) is 11.1. The van der Waals surface area contributed by atoms with Crippen LogP contribution in [0.2, 0.25) is 0 Å². The Bertz CT molecular complexity index is 570. The molecule has 0 atom stereocenters. The van der Waals surface area contributed by atoms with Gasteiger partial charge in [-0.1, -0.05) is 5.16 Å². The summed E-state index contributed by atoms with van der Waals surface area (Å²) in [5.41, 5.74) is 2.23. The monoisotopic (exact) mass is 261 g/mol. The number of carbonyl (C=O) groups is 1. The highest BCUT2D eigenvalue weighted by Gasteiger charge is 2.12. The maximum absolute atomic E-state index is 10.8. The Morgan fingerprint density at radius 2 is 2.11 bits per heavy atom. The molecule has 0 radical (unpaired) electrons. The van der Waals surface area contributed by atoms with Crippen LogP contribution in [0.3, 0.4) is 0 Å². The predicted molar refractivity (Wildman–Crippen MR) is 68.7 cm³/mol. The molecule has 100 valence electrons. The lowest BCUT2D eigenvalue weighted by atomic mass is 10.2. The number of ether oxygens (including phenoxy) is 2. The third-order valence-corrected chi connectivity index (χ3v) is 2.88. The van der Waals surface area contributed by atoms with E-state index in [1.165, 1.54) is 0 Å². The van der Waals surface area contributed by atoms with Gasteiger partial charge in [0.05, 0.1) is 18.4 Å². The van der Waals surface area contributed by atoms with E-state index in [1.807, 2.05) is 13.8 Å². The Morgan fingerprint density at radius 1 is 1.32 bits per heavy atom. The molecule has 0 unspecified atom stereocenters. The van der Waals surface area contributed by atoms with Crippen LogP contribution >= 0.6 is 0 Å². The van der Waals surface area contributed by atoms with E-state index in [0.29, 0.717) is 23.7 Å². The Kier molecular flexibility index (Phi) is 3.85. The van der Waals surface area contributed by atoms with E-state index in [4.69, 9.17) is 14.0 Å². The minimum absolute atomic E-state index is 0.319. The fraction of sp³-hybridized carbons (Fsp3) is 0.286. The molecular formula is C14H15NO4. The van der Waals surface area contributed by atoms with Gasteiger partial charge in [-0.15, -0.1) is 0 Å². The average molecular weight is 261 g/mol. The van der Waals surface area contributed by atoms with Crippen molar-refractivity contribution in [3.8, 4) is 11.5 Å². The Morgan fingerprint density at radius 3 is 2.68 bits per heavy atom. The van der Waals surface area contributed by atoms with Crippen molar-refractivity contribution in [2.45, 2.75) is 20.5 Å². The zero-order chi connectivity index (χ0) is 13.8. The summed E-state index contributed by atoms with van der Waals surface area (Å²) in [6, 6.07) is 5.02. The van der Waals surface area contributed by atoms with Crippen molar-refractivity contribution in [1.82, 2.24) is 5.16 Å². The van der Waals surface area contributed by atoms with Crippen molar-refractivity contribution < 1.29 is 18.8 Å². The smallest absolute Gasteiger partial charge is 0.162 e. The molecule has 19 heavy (non-hydrogen) atoms. The first-order chi connectivity index (χ1) is 9.15. The van der Waals surface area contributed by atoms with Crippen LogP contribution in [-0.2, 0) is 6.61 Å². The molecule has 1 aromatic heterocycles. The second-order valence-electron chi connectivity index (χ2n) is 4.12. The van der Waals surface area contributed by atoms with Crippen LogP contribution < -0.4 is 9.47 Å². The number of aryl methyl sites for hydroxylation is 2. The number of carbonyl (C=O) groups excluding carboxylic acids is 1. The maximum atomic E-state index is 10.8. The van der Waals surface area contributed by atoms with E-state index in [0.717, 1.165) is 23.3 Å². The van der Waals surface area contributed by atoms with Crippen LogP contribution in [0.5, 0.6) is 11.5 Å². The van der Waals surface area contributed by atoms with Gasteiger partial charge in [0.25, 0.3) is 0 Å². The minimum Gasteiger partial charge on any atom is -0.493 e. The molecule has 1 aromatic carbocycles. The van der Waals surface area contributed by atoms with E-state index in [1.54, 1.807) is 25.3 Å². The van der Waals surface area contributed by atoms with Crippen LogP contribution in [0.15, 0.2) is 22.7 Å². The molecule has 0 amide bonds. The Hall–Kier alpha value is -2.30. The second kappa shape index (κ2) is 5.56. The largest absolute Gasteiger partial charge is 0.493 e. The Labute approximate surface area is 111 Å². The number of benzene rings is 1. The number of aldehydes is 1. The molecule has 1 heterocycles. The fourth-order valence-electron chi connectivity index (χ4n) is 1.74. The van der Waals surface area contributed by atoms with Crippen molar-refractivity contribution in [1.29, 1.82) is 0 Å². The van der Waals surface area contributed by atoms with Crippen molar-refractivity contribution in [2.75, 3.05) is 7.11 Å². The van der Waals surface area contributed by atoms with Gasteiger partial charge >= 0.3 is 0 Å². The number of aromatic nitrogens is 1. The quantitative estimate of drug-likeness (QED) is 0.774. The summed E-state index contributed by atoms with van der Waals surface area (Å²) in [6.45, 7) is 4.01. The molecule has 0 bridgehead atoms. The van der Waals surface area contributed by atoms with Gasteiger partial charge in [0, 0.05) is 5.56 Å². The van der Waals surface area contributed by atoms with E-state index < -0.39 is 0 Å². The summed E-state index contributed by atoms with van der Waals surface area (Å²) >= 11 is 0. The fourth-order valence-corrected chi connectivity index (χ4v) is 1.74. The number of hydrogen-bond acceptors (Lipinski definition) is 5. The minimum atomic E-state index is 0.319. The number of methoxy groups -OCH3 is 1. The van der Waals surface area contributed by atoms with Gasteiger partial charge in [-0.05, 0) is 32.0 Å². The van der Waals surface area contributed by atoms with Gasteiger partial charge in [0.2, 0.25) is 0 Å². The second-order valence-corrected chi connectivity index (χ2v) is 4.12. The van der Waals surface area contributed by atoms with Gasteiger partial charge in [-0.3, -0.25) is 4.79 Å². The summed E-state index contributed by atoms with van der Waals surface area (Å²) in [6.07, 6.45) is 0.766. The van der Waals surface area contributed by atoms with Gasteiger partial charge in [0.15, 0.2) is 11.5 Å². The summed E-state index contributed by atoms with van der Waals surface area (Å²) < 4.78 is 16.0. The molecule has 5 nitrogen and oxygen atoms in total. The molecule has 0 saturated heterocycles. The Balaban J connectivity index is 2.21. The molecule has 0 spiro atoms. The molecule has 0 fully saturated rings. The first-order valence-electron chi connectivity index (χ1n) is 5.83. The van der Waals surface area contributed by atoms with E-state index in [9.17, 15) is 4.79 Å². The number of rotatable bonds is 5. The lowest BCUT2D eigenvalue weighted by Crippen LogP contribution is -2.00. The number of nitrogens with zero attached hydrogens (tertiary/aromatic N) is 1. The van der Waals surface area contributed by atoms with Crippen molar-refractivity contribution in [2.24, 2.45) is 0 Å². The normalized spacial score (nSPS) is 10.3. The van der Waals surface area contributed by atoms with Gasteiger partial charge < -0.3 is 14.0 Å². The molecule has 0 N–H and O–H groups in total.